The molecule has 27 heavy (non-hydrogen) atoms. The minimum atomic E-state index is -3.73. The normalized spacial score (nSPS) is 13.1. The highest BCUT2D eigenvalue weighted by Gasteiger charge is 2.23. The van der Waals surface area contributed by atoms with Crippen molar-refractivity contribution in [2.45, 2.75) is 6.54 Å². The highest BCUT2D eigenvalue weighted by Crippen LogP contribution is 2.34. The van der Waals surface area contributed by atoms with Crippen LogP contribution in [0.25, 0.3) is 0 Å². The lowest BCUT2D eigenvalue weighted by Gasteiger charge is -2.24. The van der Waals surface area contributed by atoms with E-state index in [4.69, 9.17) is 9.47 Å². The molecule has 0 radical (unpaired) electrons. The van der Waals surface area contributed by atoms with Crippen molar-refractivity contribution in [3.63, 3.8) is 0 Å². The Morgan fingerprint density at radius 2 is 1.85 bits per heavy atom. The highest BCUT2D eigenvalue weighted by molar-refractivity contribution is 7.92. The van der Waals surface area contributed by atoms with Gasteiger partial charge in [-0.1, -0.05) is 18.2 Å². The first-order chi connectivity index (χ1) is 12.8. The van der Waals surface area contributed by atoms with Gasteiger partial charge >= 0.3 is 0 Å². The molecule has 0 atom stereocenters. The van der Waals surface area contributed by atoms with E-state index in [0.717, 1.165) is 10.6 Å². The fraction of sp³-hybridized carbons (Fsp3) is 0.278. The van der Waals surface area contributed by atoms with E-state index in [1.54, 1.807) is 30.3 Å². The molecule has 0 unspecified atom stereocenters. The molecule has 1 N–H and O–H groups in total. The van der Waals surface area contributed by atoms with E-state index in [-0.39, 0.29) is 12.2 Å². The molecule has 0 aromatic heterocycles. The number of fused-ring (bicyclic) bond motifs is 1. The molecule has 1 aliphatic rings. The zero-order valence-electron chi connectivity index (χ0n) is 14.6. The van der Waals surface area contributed by atoms with Gasteiger partial charge in [-0.15, -0.1) is 0 Å². The number of hydrogen-bond donors (Lipinski definition) is 1. The number of anilines is 1. The van der Waals surface area contributed by atoms with Crippen LogP contribution in [0.15, 0.2) is 42.5 Å². The van der Waals surface area contributed by atoms with Crippen LogP contribution >= 0.6 is 0 Å². The summed E-state index contributed by atoms with van der Waals surface area (Å²) in [5.74, 6) is -0.0650. The maximum absolute atomic E-state index is 13.6. The first-order valence-corrected chi connectivity index (χ1v) is 10.1. The van der Waals surface area contributed by atoms with Crippen LogP contribution in [0, 0.1) is 5.82 Å². The summed E-state index contributed by atoms with van der Waals surface area (Å²) in [5, 5.41) is 2.53. The summed E-state index contributed by atoms with van der Waals surface area (Å²) in [5.41, 5.74) is 0.596. The monoisotopic (exact) mass is 394 g/mol. The van der Waals surface area contributed by atoms with Gasteiger partial charge in [0.2, 0.25) is 15.9 Å². The van der Waals surface area contributed by atoms with E-state index in [0.29, 0.717) is 30.3 Å². The average Bonchev–Trinajstić information content (AvgIpc) is 2.64. The molecule has 3 rings (SSSR count). The summed E-state index contributed by atoms with van der Waals surface area (Å²) in [6, 6.07) is 10.7. The number of sulfonamides is 1. The fourth-order valence-corrected chi connectivity index (χ4v) is 3.46. The van der Waals surface area contributed by atoms with Gasteiger partial charge in [-0.2, -0.15) is 0 Å². The number of rotatable bonds is 6. The van der Waals surface area contributed by atoms with E-state index in [9.17, 15) is 17.6 Å². The predicted molar refractivity (Wildman–Crippen MR) is 97.9 cm³/mol. The third-order valence-corrected chi connectivity index (χ3v) is 5.08. The maximum Gasteiger partial charge on any atom is 0.241 e. The quantitative estimate of drug-likeness (QED) is 0.806. The number of carbonyl (C=O) groups is 1. The Morgan fingerprint density at radius 3 is 2.56 bits per heavy atom. The number of halogens is 1. The third-order valence-electron chi connectivity index (χ3n) is 3.94. The van der Waals surface area contributed by atoms with Crippen LogP contribution in [0.1, 0.15) is 5.56 Å². The fourth-order valence-electron chi connectivity index (χ4n) is 2.61. The number of nitrogens with one attached hydrogen (secondary N) is 1. The molecule has 2 aromatic rings. The third kappa shape index (κ3) is 4.68. The molecule has 0 bridgehead atoms. The second kappa shape index (κ2) is 7.83. The molecule has 0 spiro atoms. The lowest BCUT2D eigenvalue weighted by Crippen LogP contribution is -2.40. The summed E-state index contributed by atoms with van der Waals surface area (Å²) < 4.78 is 49.8. The van der Waals surface area contributed by atoms with E-state index in [1.165, 1.54) is 12.1 Å². The SMILES string of the molecule is CS(=O)(=O)N(CC(=O)NCc1ccccc1F)c1ccc2c(c1)OCCO2. The van der Waals surface area contributed by atoms with Crippen molar-refractivity contribution in [2.24, 2.45) is 0 Å². The highest BCUT2D eigenvalue weighted by atomic mass is 32.2. The first kappa shape index (κ1) is 19.0. The van der Waals surface area contributed by atoms with Crippen LogP contribution in [0.2, 0.25) is 0 Å². The first-order valence-electron chi connectivity index (χ1n) is 8.22. The number of benzene rings is 2. The molecule has 1 heterocycles. The topological polar surface area (TPSA) is 84.9 Å². The van der Waals surface area contributed by atoms with Gasteiger partial charge in [0.15, 0.2) is 11.5 Å². The predicted octanol–water partition coefficient (Wildman–Crippen LogP) is 1.68. The van der Waals surface area contributed by atoms with Gasteiger partial charge in [0.1, 0.15) is 25.6 Å². The molecule has 1 amide bonds. The number of amides is 1. The zero-order chi connectivity index (χ0) is 19.4. The Labute approximate surface area is 156 Å². The molecule has 0 fully saturated rings. The zero-order valence-corrected chi connectivity index (χ0v) is 15.5. The summed E-state index contributed by atoms with van der Waals surface area (Å²) in [6.45, 7) is 0.302. The van der Waals surface area contributed by atoms with Crippen LogP contribution in [0.4, 0.5) is 10.1 Å². The van der Waals surface area contributed by atoms with Crippen LogP contribution in [0.5, 0.6) is 11.5 Å². The Morgan fingerprint density at radius 1 is 1.15 bits per heavy atom. The van der Waals surface area contributed by atoms with Crippen LogP contribution < -0.4 is 19.1 Å². The van der Waals surface area contributed by atoms with Crippen molar-refractivity contribution < 1.29 is 27.1 Å². The molecule has 1 aliphatic heterocycles. The number of nitrogens with zero attached hydrogens (tertiary/aromatic N) is 1. The minimum Gasteiger partial charge on any atom is -0.486 e. The van der Waals surface area contributed by atoms with Crippen LogP contribution in [-0.4, -0.2) is 40.3 Å². The lowest BCUT2D eigenvalue weighted by molar-refractivity contribution is -0.119. The van der Waals surface area contributed by atoms with Gasteiger partial charge in [-0.3, -0.25) is 9.10 Å². The summed E-state index contributed by atoms with van der Waals surface area (Å²) >= 11 is 0. The largest absolute Gasteiger partial charge is 0.486 e. The van der Waals surface area contributed by atoms with Gasteiger partial charge in [0.05, 0.1) is 11.9 Å². The average molecular weight is 394 g/mol. The minimum absolute atomic E-state index is 0.0375. The van der Waals surface area contributed by atoms with Gasteiger partial charge in [-0.05, 0) is 18.2 Å². The Balaban J connectivity index is 1.74. The number of carbonyl (C=O) groups excluding carboxylic acids is 1. The van der Waals surface area contributed by atoms with E-state index in [1.807, 2.05) is 0 Å². The second-order valence-electron chi connectivity index (χ2n) is 5.97. The van der Waals surface area contributed by atoms with E-state index in [2.05, 4.69) is 5.32 Å². The molecule has 9 heteroatoms. The summed E-state index contributed by atoms with van der Waals surface area (Å²) in [4.78, 5) is 12.3. The smallest absolute Gasteiger partial charge is 0.241 e. The Hall–Kier alpha value is -2.81. The Bertz CT molecular complexity index is 949. The standard InChI is InChI=1S/C18H19FN2O5S/c1-27(23,24)21(14-6-7-16-17(10-14)26-9-8-25-16)12-18(22)20-11-13-4-2-3-5-15(13)19/h2-7,10H,8-9,11-12H2,1H3,(H,20,22). The van der Waals surface area contributed by atoms with Crippen molar-refractivity contribution in [1.82, 2.24) is 5.32 Å². The van der Waals surface area contributed by atoms with E-state index < -0.39 is 28.3 Å². The number of ether oxygens (including phenoxy) is 2. The van der Waals surface area contributed by atoms with Gasteiger partial charge in [-0.25, -0.2) is 12.8 Å². The van der Waals surface area contributed by atoms with Crippen molar-refractivity contribution in [3.8, 4) is 11.5 Å². The molecule has 2 aromatic carbocycles. The van der Waals surface area contributed by atoms with E-state index >= 15 is 0 Å². The molecule has 7 nitrogen and oxygen atoms in total. The van der Waals surface area contributed by atoms with Crippen LogP contribution in [0.3, 0.4) is 0 Å². The molecule has 0 saturated carbocycles. The van der Waals surface area contributed by atoms with Gasteiger partial charge in [0, 0.05) is 18.2 Å². The van der Waals surface area contributed by atoms with Gasteiger partial charge < -0.3 is 14.8 Å². The summed E-state index contributed by atoms with van der Waals surface area (Å²) in [6.07, 6.45) is 1.01. The Kier molecular flexibility index (Phi) is 5.50. The molecule has 0 aliphatic carbocycles. The molecule has 144 valence electrons. The lowest BCUT2D eigenvalue weighted by atomic mass is 10.2. The molecule has 0 saturated heterocycles. The van der Waals surface area contributed by atoms with Crippen molar-refractivity contribution >= 4 is 21.6 Å². The van der Waals surface area contributed by atoms with Crippen molar-refractivity contribution in [3.05, 3.63) is 53.8 Å². The molecular formula is C18H19FN2O5S. The van der Waals surface area contributed by atoms with Crippen molar-refractivity contribution in [2.75, 3.05) is 30.3 Å². The summed E-state index contributed by atoms with van der Waals surface area (Å²) in [7, 11) is -3.73. The number of hydrogen-bond acceptors (Lipinski definition) is 5. The van der Waals surface area contributed by atoms with Crippen molar-refractivity contribution in [1.29, 1.82) is 0 Å². The van der Waals surface area contributed by atoms with Gasteiger partial charge in [0.25, 0.3) is 0 Å². The molecular weight excluding hydrogens is 375 g/mol. The second-order valence-corrected chi connectivity index (χ2v) is 7.87. The maximum atomic E-state index is 13.6. The van der Waals surface area contributed by atoms with Crippen LogP contribution in [-0.2, 0) is 21.4 Å².